The van der Waals surface area contributed by atoms with E-state index in [0.29, 0.717) is 6.42 Å². The molecule has 2 nitrogen and oxygen atoms in total. The fraction of sp³-hybridized carbons (Fsp3) is 0.571. The first kappa shape index (κ1) is 15.6. The molecule has 4 heteroatoms. The van der Waals surface area contributed by atoms with Gasteiger partial charge in [0.1, 0.15) is 5.82 Å². The van der Waals surface area contributed by atoms with Crippen molar-refractivity contribution in [1.82, 2.24) is 4.90 Å². The molecule has 0 heterocycles. The summed E-state index contributed by atoms with van der Waals surface area (Å²) < 4.78 is 14.1. The lowest BCUT2D eigenvalue weighted by Crippen LogP contribution is -2.31. The molecule has 1 aromatic rings. The smallest absolute Gasteiger partial charge is 0.123 e. The molecule has 0 aromatic heterocycles. The molecule has 1 atom stereocenters. The van der Waals surface area contributed by atoms with Crippen molar-refractivity contribution in [1.29, 1.82) is 0 Å². The summed E-state index contributed by atoms with van der Waals surface area (Å²) in [5.74, 6) is -0.204. The second kappa shape index (κ2) is 7.87. The third-order valence-corrected chi connectivity index (χ3v) is 3.97. The van der Waals surface area contributed by atoms with Crippen molar-refractivity contribution < 1.29 is 4.39 Å². The molecule has 2 N–H and O–H groups in total. The average Bonchev–Trinajstić information content (AvgIpc) is 2.35. The summed E-state index contributed by atoms with van der Waals surface area (Å²) in [6.45, 7) is 7.40. The molecule has 0 aliphatic carbocycles. The first-order valence-corrected chi connectivity index (χ1v) is 7.28. The normalized spacial score (nSPS) is 13.0. The largest absolute Gasteiger partial charge is 0.327 e. The maximum Gasteiger partial charge on any atom is 0.123 e. The van der Waals surface area contributed by atoms with Crippen LogP contribution in [-0.4, -0.2) is 30.6 Å². The summed E-state index contributed by atoms with van der Waals surface area (Å²) in [6.07, 6.45) is 1.64. The maximum absolute atomic E-state index is 13.2. The molecule has 102 valence electrons. The van der Waals surface area contributed by atoms with E-state index < -0.39 is 0 Å². The Morgan fingerprint density at radius 3 is 2.61 bits per heavy atom. The van der Waals surface area contributed by atoms with Crippen molar-refractivity contribution in [2.24, 2.45) is 5.73 Å². The van der Waals surface area contributed by atoms with Crippen LogP contribution in [0.4, 0.5) is 4.39 Å². The molecular formula is C14H22BrFN2. The van der Waals surface area contributed by atoms with Gasteiger partial charge < -0.3 is 10.6 Å². The van der Waals surface area contributed by atoms with Gasteiger partial charge in [-0.05, 0) is 56.2 Å². The number of halogens is 2. The van der Waals surface area contributed by atoms with Gasteiger partial charge in [0.15, 0.2) is 0 Å². The minimum Gasteiger partial charge on any atom is -0.327 e. The Labute approximate surface area is 117 Å². The Bertz CT molecular complexity index is 367. The Morgan fingerprint density at radius 2 is 2.00 bits per heavy atom. The monoisotopic (exact) mass is 316 g/mol. The summed E-state index contributed by atoms with van der Waals surface area (Å²) in [4.78, 5) is 2.35. The van der Waals surface area contributed by atoms with Crippen molar-refractivity contribution >= 4 is 15.9 Å². The topological polar surface area (TPSA) is 29.3 Å². The molecule has 0 aliphatic rings. The Hall–Kier alpha value is -0.450. The zero-order valence-electron chi connectivity index (χ0n) is 11.1. The second-order valence-electron chi connectivity index (χ2n) is 4.52. The number of benzene rings is 1. The van der Waals surface area contributed by atoms with Crippen molar-refractivity contribution in [3.8, 4) is 0 Å². The Morgan fingerprint density at radius 1 is 1.33 bits per heavy atom. The molecule has 1 rings (SSSR count). The molecule has 0 radical (unpaired) electrons. The highest BCUT2D eigenvalue weighted by molar-refractivity contribution is 9.10. The van der Waals surface area contributed by atoms with Crippen LogP contribution in [0.15, 0.2) is 22.7 Å². The quantitative estimate of drug-likeness (QED) is 0.837. The van der Waals surface area contributed by atoms with Gasteiger partial charge in [0.05, 0.1) is 0 Å². The number of nitrogens with zero attached hydrogens (tertiary/aromatic N) is 1. The summed E-state index contributed by atoms with van der Waals surface area (Å²) in [7, 11) is 0. The lowest BCUT2D eigenvalue weighted by molar-refractivity contribution is 0.290. The van der Waals surface area contributed by atoms with Crippen LogP contribution in [-0.2, 0) is 6.42 Å². The molecule has 0 saturated carbocycles. The fourth-order valence-electron chi connectivity index (χ4n) is 1.97. The van der Waals surface area contributed by atoms with Gasteiger partial charge in [-0.3, -0.25) is 0 Å². The van der Waals surface area contributed by atoms with E-state index in [9.17, 15) is 4.39 Å². The van der Waals surface area contributed by atoms with E-state index in [1.807, 2.05) is 0 Å². The molecule has 0 aliphatic heterocycles. The van der Waals surface area contributed by atoms with E-state index >= 15 is 0 Å². The highest BCUT2D eigenvalue weighted by atomic mass is 79.9. The van der Waals surface area contributed by atoms with Crippen LogP contribution in [0.25, 0.3) is 0 Å². The van der Waals surface area contributed by atoms with Gasteiger partial charge in [0.25, 0.3) is 0 Å². The zero-order valence-corrected chi connectivity index (χ0v) is 12.7. The number of rotatable bonds is 7. The predicted octanol–water partition coefficient (Wildman–Crippen LogP) is 3.19. The third kappa shape index (κ3) is 5.04. The number of hydrogen-bond acceptors (Lipinski definition) is 2. The first-order chi connectivity index (χ1) is 8.56. The number of nitrogens with two attached hydrogens (primary N) is 1. The molecule has 0 amide bonds. The highest BCUT2D eigenvalue weighted by Gasteiger charge is 2.09. The summed E-state index contributed by atoms with van der Waals surface area (Å²) in [5, 5.41) is 0. The van der Waals surface area contributed by atoms with Crippen LogP contribution in [0.5, 0.6) is 0 Å². The third-order valence-electron chi connectivity index (χ3n) is 3.20. The van der Waals surface area contributed by atoms with Crippen molar-refractivity contribution in [2.75, 3.05) is 19.6 Å². The van der Waals surface area contributed by atoms with E-state index in [4.69, 9.17) is 5.73 Å². The summed E-state index contributed by atoms with van der Waals surface area (Å²) in [5.41, 5.74) is 7.06. The van der Waals surface area contributed by atoms with Crippen LogP contribution < -0.4 is 5.73 Å². The van der Waals surface area contributed by atoms with Gasteiger partial charge >= 0.3 is 0 Å². The van der Waals surface area contributed by atoms with Crippen LogP contribution in [0, 0.1) is 5.82 Å². The Balaban J connectivity index is 2.48. The molecule has 0 saturated heterocycles. The van der Waals surface area contributed by atoms with E-state index in [2.05, 4.69) is 34.7 Å². The molecule has 0 spiro atoms. The van der Waals surface area contributed by atoms with E-state index in [1.165, 1.54) is 6.07 Å². The van der Waals surface area contributed by atoms with E-state index in [1.54, 1.807) is 12.1 Å². The molecule has 1 unspecified atom stereocenters. The number of hydrogen-bond donors (Lipinski definition) is 1. The molecule has 0 fully saturated rings. The van der Waals surface area contributed by atoms with Crippen molar-refractivity contribution in [2.45, 2.75) is 32.7 Å². The highest BCUT2D eigenvalue weighted by Crippen LogP contribution is 2.19. The van der Waals surface area contributed by atoms with Gasteiger partial charge in [-0.25, -0.2) is 4.39 Å². The molecule has 18 heavy (non-hydrogen) atoms. The predicted molar refractivity (Wildman–Crippen MR) is 78.2 cm³/mol. The minimum atomic E-state index is -0.204. The summed E-state index contributed by atoms with van der Waals surface area (Å²) >= 11 is 3.43. The van der Waals surface area contributed by atoms with Crippen molar-refractivity contribution in [3.63, 3.8) is 0 Å². The zero-order chi connectivity index (χ0) is 13.5. The first-order valence-electron chi connectivity index (χ1n) is 6.48. The van der Waals surface area contributed by atoms with Gasteiger partial charge in [0, 0.05) is 10.5 Å². The van der Waals surface area contributed by atoms with Gasteiger partial charge in [-0.15, -0.1) is 0 Å². The lowest BCUT2D eigenvalue weighted by atomic mass is 10.0. The standard InChI is InChI=1S/C14H22BrFN2/c1-3-18(4-2)8-7-13(17)10-11-9-12(16)5-6-14(11)15/h5-6,9,13H,3-4,7-8,10,17H2,1-2H3. The lowest BCUT2D eigenvalue weighted by Gasteiger charge is -2.20. The van der Waals surface area contributed by atoms with Crippen molar-refractivity contribution in [3.05, 3.63) is 34.1 Å². The summed E-state index contributed by atoms with van der Waals surface area (Å²) in [6, 6.07) is 4.82. The average molecular weight is 317 g/mol. The minimum absolute atomic E-state index is 0.0729. The van der Waals surface area contributed by atoms with Crippen LogP contribution in [0.3, 0.4) is 0 Å². The van der Waals surface area contributed by atoms with Crippen LogP contribution >= 0.6 is 15.9 Å². The van der Waals surface area contributed by atoms with Crippen LogP contribution in [0.2, 0.25) is 0 Å². The van der Waals surface area contributed by atoms with Gasteiger partial charge in [-0.1, -0.05) is 29.8 Å². The Kier molecular flexibility index (Phi) is 6.82. The van der Waals surface area contributed by atoms with Gasteiger partial charge in [0.2, 0.25) is 0 Å². The fourth-order valence-corrected chi connectivity index (χ4v) is 2.38. The SMILES string of the molecule is CCN(CC)CCC(N)Cc1cc(F)ccc1Br. The second-order valence-corrected chi connectivity index (χ2v) is 5.37. The molecule has 0 bridgehead atoms. The molecule has 1 aromatic carbocycles. The van der Waals surface area contributed by atoms with E-state index in [0.717, 1.165) is 36.1 Å². The van der Waals surface area contributed by atoms with Crippen LogP contribution in [0.1, 0.15) is 25.8 Å². The molecular weight excluding hydrogens is 295 g/mol. The maximum atomic E-state index is 13.2. The van der Waals surface area contributed by atoms with Gasteiger partial charge in [-0.2, -0.15) is 0 Å². The van der Waals surface area contributed by atoms with E-state index in [-0.39, 0.29) is 11.9 Å².